The molecule has 0 saturated carbocycles. The normalized spacial score (nSPS) is 13.1. The fourth-order valence-corrected chi connectivity index (χ4v) is 9.88. The Morgan fingerprint density at radius 1 is 0.541 bits per heavy atom. The lowest BCUT2D eigenvalue weighted by Crippen LogP contribution is -2.24. The fraction of sp³-hybridized carbons (Fsp3) is 0.259. The van der Waals surface area contributed by atoms with E-state index in [9.17, 15) is 0 Å². The largest absolute Gasteiger partial charge is 0.457 e. The van der Waals surface area contributed by atoms with Crippen molar-refractivity contribution in [3.63, 3.8) is 0 Å². The fourth-order valence-electron chi connectivity index (χ4n) is 9.88. The van der Waals surface area contributed by atoms with E-state index in [0.29, 0.717) is 6.67 Å². The molecule has 0 bridgehead atoms. The highest BCUT2D eigenvalue weighted by Crippen LogP contribution is 2.45. The standard InChI is InChI=1S/C54H54N6O/c1-30-32(3)36(7)51-49(34(30)5)50-35(6)31(2)33(4)37(8)52(50)59(51)39-21-23-55-48(27-39)60-45-17-14-13-16-43(45)44-20-19-41(28-47(44)60)61-42-25-38(54(9,10)11)24-40(26-42)58-29-57(12)46-18-15-22-56-53(46)58/h13-28H,29H2,1-12H3. The van der Waals surface area contributed by atoms with Gasteiger partial charge in [0.1, 0.15) is 17.3 Å². The van der Waals surface area contributed by atoms with Crippen LogP contribution >= 0.6 is 0 Å². The molecule has 0 atom stereocenters. The Bertz CT molecular complexity index is 3230. The summed E-state index contributed by atoms with van der Waals surface area (Å²) < 4.78 is 11.7. The number of aromatic nitrogens is 4. The van der Waals surface area contributed by atoms with E-state index in [0.717, 1.165) is 56.6 Å². The number of ether oxygens (including phenoxy) is 1. The highest BCUT2D eigenvalue weighted by Gasteiger charge is 2.28. The molecule has 7 heteroatoms. The van der Waals surface area contributed by atoms with E-state index in [1.54, 1.807) is 0 Å². The molecule has 0 unspecified atom stereocenters. The predicted octanol–water partition coefficient (Wildman–Crippen LogP) is 13.8. The minimum Gasteiger partial charge on any atom is -0.457 e. The van der Waals surface area contributed by atoms with Crippen LogP contribution in [0.5, 0.6) is 11.5 Å². The highest BCUT2D eigenvalue weighted by molar-refractivity contribution is 6.15. The first kappa shape index (κ1) is 38.6. The molecule has 0 saturated heterocycles. The van der Waals surface area contributed by atoms with Gasteiger partial charge in [0.15, 0.2) is 5.82 Å². The van der Waals surface area contributed by atoms with Crippen molar-refractivity contribution in [1.29, 1.82) is 0 Å². The molecule has 0 spiro atoms. The number of aryl methyl sites for hydroxylation is 4. The summed E-state index contributed by atoms with van der Waals surface area (Å²) in [6.07, 6.45) is 3.84. The Hall–Kier alpha value is -6.60. The monoisotopic (exact) mass is 802 g/mol. The van der Waals surface area contributed by atoms with Crippen LogP contribution in [-0.2, 0) is 5.41 Å². The van der Waals surface area contributed by atoms with Gasteiger partial charge in [-0.05, 0) is 159 Å². The van der Waals surface area contributed by atoms with Crippen molar-refractivity contribution in [2.24, 2.45) is 0 Å². The number of pyridine rings is 2. The van der Waals surface area contributed by atoms with Crippen LogP contribution in [0.15, 0.2) is 97.3 Å². The zero-order valence-corrected chi connectivity index (χ0v) is 37.5. The van der Waals surface area contributed by atoms with Crippen LogP contribution in [0.4, 0.5) is 17.2 Å². The maximum Gasteiger partial charge on any atom is 0.158 e. The number of hydrogen-bond acceptors (Lipinski definition) is 5. The van der Waals surface area contributed by atoms with E-state index in [2.05, 4.69) is 181 Å². The summed E-state index contributed by atoms with van der Waals surface area (Å²) in [6, 6.07) is 30.3. The molecule has 1 aliphatic rings. The van der Waals surface area contributed by atoms with Gasteiger partial charge in [0, 0.05) is 64.9 Å². The van der Waals surface area contributed by atoms with E-state index >= 15 is 0 Å². The Morgan fingerprint density at radius 3 is 1.89 bits per heavy atom. The minimum atomic E-state index is -0.0976. The van der Waals surface area contributed by atoms with Crippen molar-refractivity contribution >= 4 is 60.8 Å². The third-order valence-electron chi connectivity index (χ3n) is 14.0. The van der Waals surface area contributed by atoms with E-state index in [1.165, 1.54) is 77.3 Å². The molecule has 9 aromatic rings. The van der Waals surface area contributed by atoms with Gasteiger partial charge in [0.2, 0.25) is 0 Å². The molecule has 5 aromatic carbocycles. The van der Waals surface area contributed by atoms with Crippen LogP contribution in [0.2, 0.25) is 0 Å². The summed E-state index contributed by atoms with van der Waals surface area (Å²) in [6.45, 7) is 25.7. The van der Waals surface area contributed by atoms with Gasteiger partial charge in [-0.2, -0.15) is 0 Å². The number of benzene rings is 5. The zero-order chi connectivity index (χ0) is 42.8. The Kier molecular flexibility index (Phi) is 8.68. The first-order valence-electron chi connectivity index (χ1n) is 21.4. The van der Waals surface area contributed by atoms with Gasteiger partial charge in [-0.1, -0.05) is 39.0 Å². The first-order chi connectivity index (χ1) is 29.1. The summed E-state index contributed by atoms with van der Waals surface area (Å²) in [5, 5.41) is 5.03. The number of anilines is 3. The summed E-state index contributed by atoms with van der Waals surface area (Å²) >= 11 is 0. The van der Waals surface area contributed by atoms with E-state index in [4.69, 9.17) is 14.7 Å². The van der Waals surface area contributed by atoms with Crippen LogP contribution < -0.4 is 14.5 Å². The van der Waals surface area contributed by atoms with Gasteiger partial charge in [0.05, 0.1) is 40.1 Å². The van der Waals surface area contributed by atoms with Gasteiger partial charge < -0.3 is 19.1 Å². The quantitative estimate of drug-likeness (QED) is 0.173. The van der Waals surface area contributed by atoms with E-state index < -0.39 is 0 Å². The number of nitrogens with zero attached hydrogens (tertiary/aromatic N) is 6. The third kappa shape index (κ3) is 5.77. The molecule has 4 aromatic heterocycles. The molecule has 61 heavy (non-hydrogen) atoms. The second-order valence-electron chi connectivity index (χ2n) is 18.4. The van der Waals surface area contributed by atoms with Crippen molar-refractivity contribution in [1.82, 2.24) is 19.1 Å². The molecule has 0 N–H and O–H groups in total. The molecule has 0 radical (unpaired) electrons. The molecule has 0 aliphatic carbocycles. The van der Waals surface area contributed by atoms with Gasteiger partial charge in [-0.15, -0.1) is 0 Å². The van der Waals surface area contributed by atoms with Gasteiger partial charge in [-0.3, -0.25) is 4.57 Å². The van der Waals surface area contributed by atoms with Crippen LogP contribution in [0.3, 0.4) is 0 Å². The van der Waals surface area contributed by atoms with E-state index in [1.807, 2.05) is 18.5 Å². The summed E-state index contributed by atoms with van der Waals surface area (Å²) in [4.78, 5) is 14.4. The average molecular weight is 803 g/mol. The zero-order valence-electron chi connectivity index (χ0n) is 37.5. The molecule has 0 amide bonds. The second kappa shape index (κ2) is 13.7. The number of rotatable bonds is 5. The highest BCUT2D eigenvalue weighted by atomic mass is 16.5. The Balaban J connectivity index is 1.15. The summed E-state index contributed by atoms with van der Waals surface area (Å²) in [5.41, 5.74) is 19.8. The lowest BCUT2D eigenvalue weighted by Gasteiger charge is -2.25. The smallest absolute Gasteiger partial charge is 0.158 e. The molecular formula is C54H54N6O. The van der Waals surface area contributed by atoms with E-state index in [-0.39, 0.29) is 5.41 Å². The summed E-state index contributed by atoms with van der Waals surface area (Å²) in [7, 11) is 2.11. The van der Waals surface area contributed by atoms with Crippen LogP contribution in [-0.4, -0.2) is 32.8 Å². The van der Waals surface area contributed by atoms with Crippen molar-refractivity contribution < 1.29 is 4.74 Å². The Labute approximate surface area is 358 Å². The molecular weight excluding hydrogens is 749 g/mol. The van der Waals surface area contributed by atoms with Crippen LogP contribution in [0, 0.1) is 55.4 Å². The van der Waals surface area contributed by atoms with Crippen molar-refractivity contribution in [3.05, 3.63) is 147 Å². The third-order valence-corrected chi connectivity index (χ3v) is 14.0. The van der Waals surface area contributed by atoms with Gasteiger partial charge >= 0.3 is 0 Å². The minimum absolute atomic E-state index is 0.0976. The SMILES string of the molecule is Cc1c(C)c(C)c2c(c1C)c1c(C)c(C)c(C)c(C)c1n2-c1ccnc(-n2c3ccccc3c3ccc(Oc4cc(N5CN(C)c6cccnc65)cc(C(C)(C)C)c4)cc32)c1. The number of para-hydroxylation sites is 1. The molecule has 5 heterocycles. The van der Waals surface area contributed by atoms with Crippen LogP contribution in [0.25, 0.3) is 55.1 Å². The maximum absolute atomic E-state index is 6.90. The molecule has 1 aliphatic heterocycles. The molecule has 306 valence electrons. The van der Waals surface area contributed by atoms with Crippen molar-refractivity contribution in [2.45, 2.75) is 81.6 Å². The second-order valence-corrected chi connectivity index (χ2v) is 18.4. The summed E-state index contributed by atoms with van der Waals surface area (Å²) in [5.74, 6) is 3.36. The van der Waals surface area contributed by atoms with Crippen LogP contribution in [0.1, 0.15) is 70.8 Å². The predicted molar refractivity (Wildman–Crippen MR) is 256 cm³/mol. The first-order valence-corrected chi connectivity index (χ1v) is 21.4. The Morgan fingerprint density at radius 2 is 1.20 bits per heavy atom. The number of hydrogen-bond donors (Lipinski definition) is 0. The molecule has 10 rings (SSSR count). The molecule has 0 fully saturated rings. The van der Waals surface area contributed by atoms with Gasteiger partial charge in [-0.25, -0.2) is 9.97 Å². The van der Waals surface area contributed by atoms with Gasteiger partial charge in [0.25, 0.3) is 0 Å². The lowest BCUT2D eigenvalue weighted by atomic mass is 9.86. The van der Waals surface area contributed by atoms with Crippen molar-refractivity contribution in [3.8, 4) is 23.0 Å². The number of fused-ring (bicyclic) bond motifs is 7. The topological polar surface area (TPSA) is 51.4 Å². The lowest BCUT2D eigenvalue weighted by molar-refractivity contribution is 0.479. The van der Waals surface area contributed by atoms with Crippen molar-refractivity contribution in [2.75, 3.05) is 23.5 Å². The maximum atomic E-state index is 6.90. The molecule has 7 nitrogen and oxygen atoms in total. The average Bonchev–Trinajstić information content (AvgIpc) is 3.91.